The van der Waals surface area contributed by atoms with E-state index >= 15 is 0 Å². The Labute approximate surface area is 90.8 Å². The molecule has 0 spiro atoms. The minimum atomic E-state index is 0.839. The van der Waals surface area contributed by atoms with Crippen LogP contribution in [0.25, 0.3) is 0 Å². The Morgan fingerprint density at radius 2 is 1.57 bits per heavy atom. The molecule has 0 N–H and O–H groups in total. The average Bonchev–Trinajstić information content (AvgIpc) is 2.21. The first-order chi connectivity index (χ1) is 6.85. The topological polar surface area (TPSA) is 0 Å². The summed E-state index contributed by atoms with van der Waals surface area (Å²) in [5.74, 6) is 0.839. The molecule has 0 aromatic rings. The highest BCUT2D eigenvalue weighted by molar-refractivity contribution is 4.84. The van der Waals surface area contributed by atoms with Crippen LogP contribution in [-0.2, 0) is 0 Å². The zero-order chi connectivity index (χ0) is 10.6. The Morgan fingerprint density at radius 1 is 0.929 bits per heavy atom. The lowest BCUT2D eigenvalue weighted by Gasteiger charge is -2.09. The van der Waals surface area contributed by atoms with Gasteiger partial charge >= 0.3 is 0 Å². The van der Waals surface area contributed by atoms with Crippen LogP contribution in [0.1, 0.15) is 72.1 Å². The van der Waals surface area contributed by atoms with E-state index in [1.54, 1.807) is 0 Å². The molecule has 0 radical (unpaired) electrons. The first kappa shape index (κ1) is 13.7. The molecule has 0 nitrogen and oxygen atoms in total. The van der Waals surface area contributed by atoms with Gasteiger partial charge in [-0.1, -0.05) is 64.5 Å². The predicted molar refractivity (Wildman–Crippen MR) is 66.6 cm³/mol. The van der Waals surface area contributed by atoms with Gasteiger partial charge in [-0.15, -0.1) is 0 Å². The smallest absolute Gasteiger partial charge is 0.0236 e. The average molecular weight is 196 g/mol. The van der Waals surface area contributed by atoms with E-state index in [1.807, 2.05) is 0 Å². The molecule has 14 heavy (non-hydrogen) atoms. The van der Waals surface area contributed by atoms with E-state index in [0.29, 0.717) is 0 Å². The van der Waals surface area contributed by atoms with E-state index in [0.717, 1.165) is 5.92 Å². The maximum Gasteiger partial charge on any atom is -0.0236 e. The summed E-state index contributed by atoms with van der Waals surface area (Å²) in [5.41, 5.74) is 0. The fourth-order valence-corrected chi connectivity index (χ4v) is 1.90. The van der Waals surface area contributed by atoms with Crippen LogP contribution in [0.4, 0.5) is 0 Å². The molecule has 1 atom stereocenters. The van der Waals surface area contributed by atoms with Crippen LogP contribution in [0.2, 0.25) is 0 Å². The third kappa shape index (κ3) is 8.34. The minimum absolute atomic E-state index is 0.839. The van der Waals surface area contributed by atoms with Gasteiger partial charge in [-0.2, -0.15) is 0 Å². The van der Waals surface area contributed by atoms with Crippen molar-refractivity contribution in [1.29, 1.82) is 0 Å². The van der Waals surface area contributed by atoms with Gasteiger partial charge in [-0.05, 0) is 25.7 Å². The fraction of sp³-hybridized carbons (Fsp3) is 0.857. The van der Waals surface area contributed by atoms with Gasteiger partial charge in [0.15, 0.2) is 0 Å². The molecule has 0 heteroatoms. The predicted octanol–water partition coefficient (Wildman–Crippen LogP) is 5.34. The normalized spacial score (nSPS) is 13.6. The van der Waals surface area contributed by atoms with E-state index < -0.39 is 0 Å². The van der Waals surface area contributed by atoms with Crippen molar-refractivity contribution in [2.24, 2.45) is 5.92 Å². The van der Waals surface area contributed by atoms with Crippen molar-refractivity contribution in [2.75, 3.05) is 0 Å². The Balaban J connectivity index is 3.24. The highest BCUT2D eigenvalue weighted by Crippen LogP contribution is 2.16. The fourth-order valence-electron chi connectivity index (χ4n) is 1.90. The third-order valence-electron chi connectivity index (χ3n) is 2.92. The van der Waals surface area contributed by atoms with Crippen molar-refractivity contribution in [1.82, 2.24) is 0 Å². The van der Waals surface area contributed by atoms with Crippen molar-refractivity contribution in [3.63, 3.8) is 0 Å². The number of hydrogen-bond acceptors (Lipinski definition) is 0. The van der Waals surface area contributed by atoms with E-state index in [4.69, 9.17) is 0 Å². The zero-order valence-corrected chi connectivity index (χ0v) is 10.4. The third-order valence-corrected chi connectivity index (χ3v) is 2.92. The van der Waals surface area contributed by atoms with Crippen molar-refractivity contribution < 1.29 is 0 Å². The van der Waals surface area contributed by atoms with Crippen molar-refractivity contribution >= 4 is 0 Å². The molecular formula is C14H28. The Bertz CT molecular complexity index is 124. The van der Waals surface area contributed by atoms with Crippen LogP contribution >= 0.6 is 0 Å². The van der Waals surface area contributed by atoms with Crippen LogP contribution in [0, 0.1) is 5.92 Å². The van der Waals surface area contributed by atoms with Crippen molar-refractivity contribution in [3.05, 3.63) is 12.2 Å². The van der Waals surface area contributed by atoms with E-state index in [9.17, 15) is 0 Å². The molecule has 0 aliphatic heterocycles. The van der Waals surface area contributed by atoms with Crippen LogP contribution in [-0.4, -0.2) is 0 Å². The number of rotatable bonds is 9. The maximum atomic E-state index is 2.37. The quantitative estimate of drug-likeness (QED) is 0.345. The monoisotopic (exact) mass is 196 g/mol. The van der Waals surface area contributed by atoms with Crippen LogP contribution in [0.15, 0.2) is 12.2 Å². The summed E-state index contributed by atoms with van der Waals surface area (Å²) in [6, 6.07) is 0. The summed E-state index contributed by atoms with van der Waals surface area (Å²) < 4.78 is 0. The van der Waals surface area contributed by atoms with E-state index in [1.165, 1.54) is 51.4 Å². The molecule has 0 saturated heterocycles. The number of hydrogen-bond donors (Lipinski definition) is 0. The highest BCUT2D eigenvalue weighted by atomic mass is 14.1. The van der Waals surface area contributed by atoms with Crippen LogP contribution in [0.5, 0.6) is 0 Å². The lowest BCUT2D eigenvalue weighted by Crippen LogP contribution is -1.94. The minimum Gasteiger partial charge on any atom is -0.0914 e. The summed E-state index contributed by atoms with van der Waals surface area (Å²) in [4.78, 5) is 0. The second kappa shape index (κ2) is 10.8. The zero-order valence-electron chi connectivity index (χ0n) is 10.4. The molecule has 84 valence electrons. The summed E-state index contributed by atoms with van der Waals surface area (Å²) in [5, 5.41) is 0. The standard InChI is InChI=1S/C14H28/c1-4-7-8-9-10-11-13-14(6-3)12-5-2/h5,12,14H,4,6-11,13H2,1-3H3. The van der Waals surface area contributed by atoms with Gasteiger partial charge < -0.3 is 0 Å². The molecule has 0 rings (SSSR count). The number of allylic oxidation sites excluding steroid dienone is 2. The van der Waals surface area contributed by atoms with Gasteiger partial charge in [0, 0.05) is 0 Å². The summed E-state index contributed by atoms with van der Waals surface area (Å²) >= 11 is 0. The molecule has 0 amide bonds. The lowest BCUT2D eigenvalue weighted by atomic mass is 9.97. The van der Waals surface area contributed by atoms with Gasteiger partial charge in [0.1, 0.15) is 0 Å². The van der Waals surface area contributed by atoms with E-state index in [2.05, 4.69) is 32.9 Å². The van der Waals surface area contributed by atoms with Gasteiger partial charge in [0.2, 0.25) is 0 Å². The summed E-state index contributed by atoms with van der Waals surface area (Å²) in [6.07, 6.45) is 15.8. The molecule has 0 fully saturated rings. The van der Waals surface area contributed by atoms with Crippen LogP contribution in [0.3, 0.4) is 0 Å². The number of unbranched alkanes of at least 4 members (excludes halogenated alkanes) is 5. The molecule has 0 bridgehead atoms. The van der Waals surface area contributed by atoms with E-state index in [-0.39, 0.29) is 0 Å². The molecule has 0 aliphatic rings. The first-order valence-electron chi connectivity index (χ1n) is 6.47. The van der Waals surface area contributed by atoms with Gasteiger partial charge in [0.25, 0.3) is 0 Å². The largest absolute Gasteiger partial charge is 0.0914 e. The summed E-state index contributed by atoms with van der Waals surface area (Å²) in [6.45, 7) is 6.70. The molecule has 0 heterocycles. The SMILES string of the molecule is CC=CC(CC)CCCCCCCC. The second-order valence-electron chi connectivity index (χ2n) is 4.25. The van der Waals surface area contributed by atoms with Gasteiger partial charge in [0.05, 0.1) is 0 Å². The Hall–Kier alpha value is -0.260. The molecule has 0 aromatic heterocycles. The van der Waals surface area contributed by atoms with Gasteiger partial charge in [-0.3, -0.25) is 0 Å². The molecule has 0 aliphatic carbocycles. The second-order valence-corrected chi connectivity index (χ2v) is 4.25. The summed E-state index contributed by atoms with van der Waals surface area (Å²) in [7, 11) is 0. The highest BCUT2D eigenvalue weighted by Gasteiger charge is 2.00. The maximum absolute atomic E-state index is 2.37. The van der Waals surface area contributed by atoms with Crippen molar-refractivity contribution in [2.45, 2.75) is 72.1 Å². The Kier molecular flexibility index (Phi) is 10.6. The molecule has 1 unspecified atom stereocenters. The van der Waals surface area contributed by atoms with Crippen molar-refractivity contribution in [3.8, 4) is 0 Å². The first-order valence-corrected chi connectivity index (χ1v) is 6.47. The van der Waals surface area contributed by atoms with Crippen LogP contribution < -0.4 is 0 Å². The Morgan fingerprint density at radius 3 is 2.14 bits per heavy atom. The molecular weight excluding hydrogens is 168 g/mol. The van der Waals surface area contributed by atoms with Gasteiger partial charge in [-0.25, -0.2) is 0 Å². The molecule has 0 aromatic carbocycles. The molecule has 0 saturated carbocycles. The lowest BCUT2D eigenvalue weighted by molar-refractivity contribution is 0.508.